The van der Waals surface area contributed by atoms with Crippen LogP contribution in [0.3, 0.4) is 0 Å². The predicted molar refractivity (Wildman–Crippen MR) is 68.5 cm³/mol. The number of carboxylic acid groups (broad SMARTS) is 1. The monoisotopic (exact) mass is 260 g/mol. The first kappa shape index (κ1) is 16.7. The third-order valence-electron chi connectivity index (χ3n) is 2.54. The summed E-state index contributed by atoms with van der Waals surface area (Å²) in [5, 5.41) is 14.0. The third kappa shape index (κ3) is 7.11. The average molecular weight is 260 g/mol. The minimum Gasteiger partial charge on any atom is -0.480 e. The molecule has 0 spiro atoms. The number of hydrogen-bond donors (Lipinski definition) is 3. The van der Waals surface area contributed by atoms with E-state index in [2.05, 4.69) is 10.6 Å². The molecule has 3 N–H and O–H groups in total. The summed E-state index contributed by atoms with van der Waals surface area (Å²) >= 11 is 0. The Morgan fingerprint density at radius 1 is 1.33 bits per heavy atom. The first-order chi connectivity index (χ1) is 8.18. The molecule has 1 atom stereocenters. The summed E-state index contributed by atoms with van der Waals surface area (Å²) < 4.78 is 5.15. The number of ether oxygens (including phenoxy) is 1. The highest BCUT2D eigenvalue weighted by Crippen LogP contribution is 2.06. The molecule has 2 amide bonds. The number of nitrogens with one attached hydrogen (secondary N) is 2. The Bertz CT molecular complexity index is 290. The van der Waals surface area contributed by atoms with Crippen LogP contribution >= 0.6 is 0 Å². The van der Waals surface area contributed by atoms with Crippen LogP contribution in [0.5, 0.6) is 0 Å². The Balaban J connectivity index is 4.23. The van der Waals surface area contributed by atoms with Gasteiger partial charge in [0.15, 0.2) is 0 Å². The Kier molecular flexibility index (Phi) is 6.68. The SMILES string of the molecule is COC(C)(C)CNC(=O)NC(CC(C)C)C(=O)O. The minimum absolute atomic E-state index is 0.196. The largest absolute Gasteiger partial charge is 0.480 e. The number of aliphatic carboxylic acids is 1. The van der Waals surface area contributed by atoms with Gasteiger partial charge >= 0.3 is 12.0 Å². The highest BCUT2D eigenvalue weighted by molar-refractivity contribution is 5.82. The van der Waals surface area contributed by atoms with Crippen molar-refractivity contribution in [3.05, 3.63) is 0 Å². The number of hydrogen-bond acceptors (Lipinski definition) is 3. The second-order valence-electron chi connectivity index (χ2n) is 5.31. The Labute approximate surface area is 108 Å². The van der Waals surface area contributed by atoms with Gasteiger partial charge in [-0.05, 0) is 26.2 Å². The van der Waals surface area contributed by atoms with Crippen molar-refractivity contribution in [2.75, 3.05) is 13.7 Å². The van der Waals surface area contributed by atoms with Gasteiger partial charge in [0.05, 0.1) is 5.60 Å². The summed E-state index contributed by atoms with van der Waals surface area (Å²) in [6.07, 6.45) is 0.399. The summed E-state index contributed by atoms with van der Waals surface area (Å²) in [5.41, 5.74) is -0.478. The Hall–Kier alpha value is -1.30. The summed E-state index contributed by atoms with van der Waals surface area (Å²) in [6.45, 7) is 7.78. The predicted octanol–water partition coefficient (Wildman–Crippen LogP) is 1.21. The van der Waals surface area contributed by atoms with Crippen LogP contribution in [0.2, 0.25) is 0 Å². The van der Waals surface area contributed by atoms with Gasteiger partial charge in [0, 0.05) is 13.7 Å². The normalized spacial score (nSPS) is 13.2. The molecule has 0 aromatic heterocycles. The highest BCUT2D eigenvalue weighted by Gasteiger charge is 2.22. The highest BCUT2D eigenvalue weighted by atomic mass is 16.5. The number of methoxy groups -OCH3 is 1. The summed E-state index contributed by atoms with van der Waals surface area (Å²) in [5.74, 6) is -0.827. The Morgan fingerprint density at radius 2 is 1.89 bits per heavy atom. The zero-order valence-electron chi connectivity index (χ0n) is 11.7. The summed E-state index contributed by atoms with van der Waals surface area (Å²) in [4.78, 5) is 22.5. The van der Waals surface area contributed by atoms with Crippen molar-refractivity contribution >= 4 is 12.0 Å². The fourth-order valence-corrected chi connectivity index (χ4v) is 1.27. The van der Waals surface area contributed by atoms with Crippen molar-refractivity contribution in [1.82, 2.24) is 10.6 Å². The molecule has 0 saturated carbocycles. The maximum atomic E-state index is 11.6. The van der Waals surface area contributed by atoms with Gasteiger partial charge in [-0.15, -0.1) is 0 Å². The van der Waals surface area contributed by atoms with Gasteiger partial charge in [0.25, 0.3) is 0 Å². The molecule has 0 aliphatic rings. The molecule has 0 heterocycles. The van der Waals surface area contributed by atoms with Crippen LogP contribution in [-0.2, 0) is 9.53 Å². The number of carbonyl (C=O) groups excluding carboxylic acids is 1. The first-order valence-corrected chi connectivity index (χ1v) is 6.00. The van der Waals surface area contributed by atoms with Crippen LogP contribution < -0.4 is 10.6 Å². The van der Waals surface area contributed by atoms with Crippen LogP contribution in [0.15, 0.2) is 0 Å². The van der Waals surface area contributed by atoms with Crippen LogP contribution in [0.1, 0.15) is 34.1 Å². The lowest BCUT2D eigenvalue weighted by Crippen LogP contribution is -2.49. The van der Waals surface area contributed by atoms with E-state index in [0.29, 0.717) is 13.0 Å². The van der Waals surface area contributed by atoms with Gasteiger partial charge in [0.1, 0.15) is 6.04 Å². The van der Waals surface area contributed by atoms with Gasteiger partial charge in [-0.2, -0.15) is 0 Å². The third-order valence-corrected chi connectivity index (χ3v) is 2.54. The molecule has 0 rings (SSSR count). The molecular formula is C12H24N2O4. The fraction of sp³-hybridized carbons (Fsp3) is 0.833. The number of carbonyl (C=O) groups is 2. The topological polar surface area (TPSA) is 87.7 Å². The van der Waals surface area contributed by atoms with Crippen molar-refractivity contribution in [3.8, 4) is 0 Å². The summed E-state index contributed by atoms with van der Waals surface area (Å²) in [6, 6.07) is -1.36. The smallest absolute Gasteiger partial charge is 0.326 e. The zero-order valence-corrected chi connectivity index (χ0v) is 11.7. The molecule has 0 radical (unpaired) electrons. The second kappa shape index (κ2) is 7.20. The maximum absolute atomic E-state index is 11.6. The second-order valence-corrected chi connectivity index (χ2v) is 5.31. The van der Waals surface area contributed by atoms with Crippen molar-refractivity contribution in [2.45, 2.75) is 45.8 Å². The van der Waals surface area contributed by atoms with Crippen molar-refractivity contribution in [2.24, 2.45) is 5.92 Å². The van der Waals surface area contributed by atoms with Crippen molar-refractivity contribution in [1.29, 1.82) is 0 Å². The van der Waals surface area contributed by atoms with E-state index in [-0.39, 0.29) is 5.92 Å². The molecule has 0 bridgehead atoms. The van der Waals surface area contributed by atoms with Crippen molar-refractivity contribution in [3.63, 3.8) is 0 Å². The van der Waals surface area contributed by atoms with E-state index < -0.39 is 23.6 Å². The molecule has 18 heavy (non-hydrogen) atoms. The molecule has 0 aromatic rings. The van der Waals surface area contributed by atoms with Crippen LogP contribution in [-0.4, -0.2) is 42.4 Å². The van der Waals surface area contributed by atoms with E-state index in [1.54, 1.807) is 7.11 Å². The van der Waals surface area contributed by atoms with Crippen LogP contribution in [0, 0.1) is 5.92 Å². The van der Waals surface area contributed by atoms with E-state index in [4.69, 9.17) is 9.84 Å². The van der Waals surface area contributed by atoms with Crippen LogP contribution in [0.4, 0.5) is 4.79 Å². The van der Waals surface area contributed by atoms with E-state index in [0.717, 1.165) is 0 Å². The van der Waals surface area contributed by atoms with E-state index in [1.165, 1.54) is 0 Å². The molecule has 0 aliphatic heterocycles. The molecular weight excluding hydrogens is 236 g/mol. The molecule has 0 fully saturated rings. The molecule has 6 nitrogen and oxygen atoms in total. The van der Waals surface area contributed by atoms with E-state index in [9.17, 15) is 9.59 Å². The van der Waals surface area contributed by atoms with E-state index in [1.807, 2.05) is 27.7 Å². The first-order valence-electron chi connectivity index (χ1n) is 6.00. The van der Waals surface area contributed by atoms with Crippen LogP contribution in [0.25, 0.3) is 0 Å². The van der Waals surface area contributed by atoms with Gasteiger partial charge in [-0.25, -0.2) is 9.59 Å². The van der Waals surface area contributed by atoms with Gasteiger partial charge in [0.2, 0.25) is 0 Å². The Morgan fingerprint density at radius 3 is 2.28 bits per heavy atom. The van der Waals surface area contributed by atoms with E-state index >= 15 is 0 Å². The molecule has 106 valence electrons. The summed E-state index contributed by atoms with van der Waals surface area (Å²) in [7, 11) is 1.55. The number of carboxylic acids is 1. The lowest BCUT2D eigenvalue weighted by molar-refractivity contribution is -0.139. The lowest BCUT2D eigenvalue weighted by Gasteiger charge is -2.24. The number of urea groups is 1. The number of rotatable bonds is 7. The fourth-order valence-electron chi connectivity index (χ4n) is 1.27. The van der Waals surface area contributed by atoms with Gasteiger partial charge in [-0.3, -0.25) is 0 Å². The quantitative estimate of drug-likeness (QED) is 0.642. The number of amides is 2. The minimum atomic E-state index is -1.02. The van der Waals surface area contributed by atoms with Gasteiger partial charge in [-0.1, -0.05) is 13.8 Å². The van der Waals surface area contributed by atoms with Crippen molar-refractivity contribution < 1.29 is 19.4 Å². The maximum Gasteiger partial charge on any atom is 0.326 e. The lowest BCUT2D eigenvalue weighted by atomic mass is 10.0. The molecule has 1 unspecified atom stereocenters. The standard InChI is InChI=1S/C12H24N2O4/c1-8(2)6-9(10(15)16)14-11(17)13-7-12(3,4)18-5/h8-9H,6-7H2,1-5H3,(H,15,16)(H2,13,14,17). The zero-order chi connectivity index (χ0) is 14.3. The molecule has 0 aliphatic carbocycles. The average Bonchev–Trinajstić information content (AvgIpc) is 2.25. The molecule has 0 saturated heterocycles. The molecule has 0 aromatic carbocycles. The van der Waals surface area contributed by atoms with Gasteiger partial charge < -0.3 is 20.5 Å². The molecule has 6 heteroatoms.